The number of carbonyl (C=O) groups is 1. The van der Waals surface area contributed by atoms with Crippen molar-refractivity contribution in [3.63, 3.8) is 0 Å². The quantitative estimate of drug-likeness (QED) is 0.819. The van der Waals surface area contributed by atoms with Crippen LogP contribution < -0.4 is 5.32 Å². The Kier molecular flexibility index (Phi) is 2.95. The molecular formula is C14H18N2O. The molecule has 2 saturated heterocycles. The molecular weight excluding hydrogens is 212 g/mol. The maximum absolute atomic E-state index is 11.9. The Bertz CT molecular complexity index is 388. The van der Waals surface area contributed by atoms with Crippen LogP contribution in [-0.2, 0) is 11.3 Å². The van der Waals surface area contributed by atoms with Gasteiger partial charge in [0.15, 0.2) is 0 Å². The molecule has 2 fully saturated rings. The van der Waals surface area contributed by atoms with E-state index in [-0.39, 0.29) is 11.8 Å². The van der Waals surface area contributed by atoms with E-state index in [1.807, 2.05) is 6.07 Å². The Balaban J connectivity index is 1.68. The number of nitrogens with one attached hydrogen (secondary N) is 1. The highest BCUT2D eigenvalue weighted by molar-refractivity contribution is 5.85. The number of rotatable bonds is 2. The zero-order valence-corrected chi connectivity index (χ0v) is 9.93. The van der Waals surface area contributed by atoms with Crippen molar-refractivity contribution in [2.24, 2.45) is 11.8 Å². The fraction of sp³-hybridized carbons (Fsp3) is 0.500. The summed E-state index contributed by atoms with van der Waals surface area (Å²) in [5.74, 6) is 0.908. The number of fused-ring (bicyclic) bond motifs is 2. The fourth-order valence-corrected chi connectivity index (χ4v) is 2.94. The van der Waals surface area contributed by atoms with Crippen molar-refractivity contribution < 1.29 is 4.79 Å². The first-order valence-electron chi connectivity index (χ1n) is 6.33. The molecule has 3 heteroatoms. The minimum Gasteiger partial charge on any atom is -0.315 e. The number of piperidine rings is 2. The molecule has 3 rings (SSSR count). The van der Waals surface area contributed by atoms with Crippen LogP contribution in [0.2, 0.25) is 0 Å². The normalized spacial score (nSPS) is 29.3. The molecule has 0 aliphatic carbocycles. The smallest absolute Gasteiger partial charge is 0.144 e. The van der Waals surface area contributed by atoms with Gasteiger partial charge in [-0.1, -0.05) is 30.3 Å². The Morgan fingerprint density at radius 1 is 1.12 bits per heavy atom. The fourth-order valence-electron chi connectivity index (χ4n) is 2.94. The second kappa shape index (κ2) is 4.59. The molecule has 2 unspecified atom stereocenters. The summed E-state index contributed by atoms with van der Waals surface area (Å²) in [4.78, 5) is 14.4. The van der Waals surface area contributed by atoms with Gasteiger partial charge in [0.05, 0.1) is 0 Å². The van der Waals surface area contributed by atoms with Crippen LogP contribution in [0, 0.1) is 11.8 Å². The van der Waals surface area contributed by atoms with Gasteiger partial charge in [-0.3, -0.25) is 9.69 Å². The lowest BCUT2D eigenvalue weighted by atomic mass is 9.84. The molecule has 3 nitrogen and oxygen atoms in total. The number of benzene rings is 1. The zero-order valence-electron chi connectivity index (χ0n) is 9.93. The van der Waals surface area contributed by atoms with Crippen LogP contribution in [0.3, 0.4) is 0 Å². The summed E-state index contributed by atoms with van der Waals surface area (Å²) in [7, 11) is 0. The van der Waals surface area contributed by atoms with Crippen LogP contribution in [0.25, 0.3) is 0 Å². The lowest BCUT2D eigenvalue weighted by Crippen LogP contribution is -2.56. The maximum Gasteiger partial charge on any atom is 0.144 e. The van der Waals surface area contributed by atoms with E-state index < -0.39 is 0 Å². The van der Waals surface area contributed by atoms with Crippen LogP contribution >= 0.6 is 0 Å². The summed E-state index contributed by atoms with van der Waals surface area (Å²) in [5, 5.41) is 3.35. The Morgan fingerprint density at radius 3 is 2.41 bits per heavy atom. The number of ketones is 1. The van der Waals surface area contributed by atoms with E-state index in [0.717, 1.165) is 32.7 Å². The first-order chi connectivity index (χ1) is 8.33. The number of carbonyl (C=O) groups excluding carboxylic acids is 1. The summed E-state index contributed by atoms with van der Waals surface area (Å²) >= 11 is 0. The lowest BCUT2D eigenvalue weighted by Gasteiger charge is -2.40. The highest BCUT2D eigenvalue weighted by Crippen LogP contribution is 2.22. The topological polar surface area (TPSA) is 32.3 Å². The minimum atomic E-state index is 0.214. The first-order valence-corrected chi connectivity index (χ1v) is 6.33. The van der Waals surface area contributed by atoms with Gasteiger partial charge in [-0.25, -0.2) is 0 Å². The van der Waals surface area contributed by atoms with Crippen molar-refractivity contribution in [3.8, 4) is 0 Å². The standard InChI is InChI=1S/C14H18N2O/c17-14-12-6-15-7-13(14)10-16(9-12)8-11-4-2-1-3-5-11/h1-5,12-13,15H,6-10H2. The van der Waals surface area contributed by atoms with E-state index in [1.165, 1.54) is 5.56 Å². The van der Waals surface area contributed by atoms with Gasteiger partial charge in [-0.05, 0) is 5.56 Å². The number of hydrogen-bond donors (Lipinski definition) is 1. The van der Waals surface area contributed by atoms with Gasteiger partial charge < -0.3 is 5.32 Å². The molecule has 0 saturated carbocycles. The molecule has 1 aromatic carbocycles. The Labute approximate surface area is 102 Å². The molecule has 90 valence electrons. The van der Waals surface area contributed by atoms with Crippen LogP contribution in [0.4, 0.5) is 0 Å². The Morgan fingerprint density at radius 2 is 1.76 bits per heavy atom. The number of nitrogens with zero attached hydrogens (tertiary/aromatic N) is 1. The predicted molar refractivity (Wildman–Crippen MR) is 66.6 cm³/mol. The van der Waals surface area contributed by atoms with E-state index in [0.29, 0.717) is 5.78 Å². The summed E-state index contributed by atoms with van der Waals surface area (Å²) in [6, 6.07) is 10.5. The van der Waals surface area contributed by atoms with Gasteiger partial charge in [0, 0.05) is 44.6 Å². The van der Waals surface area contributed by atoms with E-state index in [2.05, 4.69) is 34.5 Å². The van der Waals surface area contributed by atoms with Crippen molar-refractivity contribution in [2.75, 3.05) is 26.2 Å². The third kappa shape index (κ3) is 2.26. The van der Waals surface area contributed by atoms with Crippen molar-refractivity contribution in [1.82, 2.24) is 10.2 Å². The second-order valence-corrected chi connectivity index (χ2v) is 5.13. The van der Waals surface area contributed by atoms with Crippen molar-refractivity contribution in [2.45, 2.75) is 6.54 Å². The van der Waals surface area contributed by atoms with Crippen molar-refractivity contribution >= 4 is 5.78 Å². The summed E-state index contributed by atoms with van der Waals surface area (Å²) in [6.07, 6.45) is 0. The number of likely N-dealkylation sites (tertiary alicyclic amines) is 1. The first kappa shape index (κ1) is 10.9. The maximum atomic E-state index is 11.9. The molecule has 0 radical (unpaired) electrons. The molecule has 1 aromatic rings. The molecule has 2 aliphatic heterocycles. The average Bonchev–Trinajstić information content (AvgIpc) is 2.32. The van der Waals surface area contributed by atoms with Gasteiger partial charge in [0.1, 0.15) is 5.78 Å². The lowest BCUT2D eigenvalue weighted by molar-refractivity contribution is -0.133. The SMILES string of the molecule is O=C1C2CNCC1CN(Cc1ccccc1)C2. The molecule has 1 N–H and O–H groups in total. The molecule has 0 amide bonds. The third-order valence-electron chi connectivity index (χ3n) is 3.79. The highest BCUT2D eigenvalue weighted by Gasteiger charge is 2.37. The Hall–Kier alpha value is -1.19. The highest BCUT2D eigenvalue weighted by atomic mass is 16.1. The number of Topliss-reactive ketones (excluding diaryl/α,β-unsaturated/α-hetero) is 1. The van der Waals surface area contributed by atoms with E-state index in [1.54, 1.807) is 0 Å². The monoisotopic (exact) mass is 230 g/mol. The van der Waals surface area contributed by atoms with Gasteiger partial charge >= 0.3 is 0 Å². The molecule has 0 aromatic heterocycles. The number of hydrogen-bond acceptors (Lipinski definition) is 3. The van der Waals surface area contributed by atoms with E-state index in [9.17, 15) is 4.79 Å². The second-order valence-electron chi connectivity index (χ2n) is 5.13. The molecule has 2 atom stereocenters. The predicted octanol–water partition coefficient (Wildman–Crippen LogP) is 0.907. The molecule has 0 spiro atoms. The average molecular weight is 230 g/mol. The molecule has 17 heavy (non-hydrogen) atoms. The van der Waals surface area contributed by atoms with Crippen LogP contribution in [0.15, 0.2) is 30.3 Å². The molecule has 2 aliphatic rings. The van der Waals surface area contributed by atoms with Gasteiger partial charge in [0.2, 0.25) is 0 Å². The summed E-state index contributed by atoms with van der Waals surface area (Å²) < 4.78 is 0. The van der Waals surface area contributed by atoms with E-state index in [4.69, 9.17) is 0 Å². The largest absolute Gasteiger partial charge is 0.315 e. The molecule has 2 bridgehead atoms. The minimum absolute atomic E-state index is 0.214. The van der Waals surface area contributed by atoms with Gasteiger partial charge in [0.25, 0.3) is 0 Å². The molecule has 2 heterocycles. The van der Waals surface area contributed by atoms with Gasteiger partial charge in [-0.15, -0.1) is 0 Å². The van der Waals surface area contributed by atoms with Crippen molar-refractivity contribution in [1.29, 1.82) is 0 Å². The summed E-state index contributed by atoms with van der Waals surface area (Å²) in [6.45, 7) is 4.52. The third-order valence-corrected chi connectivity index (χ3v) is 3.79. The van der Waals surface area contributed by atoms with Crippen LogP contribution in [0.5, 0.6) is 0 Å². The summed E-state index contributed by atoms with van der Waals surface area (Å²) in [5.41, 5.74) is 1.34. The van der Waals surface area contributed by atoms with Crippen LogP contribution in [0.1, 0.15) is 5.56 Å². The van der Waals surface area contributed by atoms with Crippen LogP contribution in [-0.4, -0.2) is 36.9 Å². The zero-order chi connectivity index (χ0) is 11.7. The van der Waals surface area contributed by atoms with Crippen molar-refractivity contribution in [3.05, 3.63) is 35.9 Å². The van der Waals surface area contributed by atoms with E-state index >= 15 is 0 Å². The van der Waals surface area contributed by atoms with Gasteiger partial charge in [-0.2, -0.15) is 0 Å².